The normalized spacial score (nSPS) is 10.2. The van der Waals surface area contributed by atoms with Gasteiger partial charge in [-0.3, -0.25) is 4.79 Å². The predicted molar refractivity (Wildman–Crippen MR) is 86.0 cm³/mol. The highest BCUT2D eigenvalue weighted by atomic mass is 127. The van der Waals surface area contributed by atoms with Crippen LogP contribution in [0.5, 0.6) is 0 Å². The van der Waals surface area contributed by atoms with Crippen molar-refractivity contribution < 1.29 is 4.79 Å². The number of hydrogen-bond donors (Lipinski definition) is 1. The van der Waals surface area contributed by atoms with Crippen LogP contribution in [0.2, 0.25) is 0 Å². The predicted octanol–water partition coefficient (Wildman–Crippen LogP) is 4.61. The second-order valence-corrected chi connectivity index (χ2v) is 5.93. The van der Waals surface area contributed by atoms with E-state index in [1.54, 1.807) is 0 Å². The first-order chi connectivity index (χ1) is 8.58. The van der Waals surface area contributed by atoms with Crippen LogP contribution in [-0.2, 0) is 0 Å². The largest absolute Gasteiger partial charge is 0.321 e. The van der Waals surface area contributed by atoms with Crippen molar-refractivity contribution in [1.82, 2.24) is 0 Å². The van der Waals surface area contributed by atoms with E-state index in [1.165, 1.54) is 0 Å². The average Bonchev–Trinajstić information content (AvgIpc) is 2.34. The van der Waals surface area contributed by atoms with E-state index in [1.807, 2.05) is 49.4 Å². The molecule has 2 aromatic rings. The molecular weight excluding hydrogens is 405 g/mol. The molecule has 1 amide bonds. The lowest BCUT2D eigenvalue weighted by Crippen LogP contribution is -2.13. The molecule has 2 nitrogen and oxygen atoms in total. The minimum absolute atomic E-state index is 0.0914. The number of nitrogens with one attached hydrogen (secondary N) is 1. The van der Waals surface area contributed by atoms with Crippen LogP contribution in [0.1, 0.15) is 15.9 Å². The molecule has 2 rings (SSSR count). The highest BCUT2D eigenvalue weighted by molar-refractivity contribution is 14.1. The molecule has 0 radical (unpaired) electrons. The maximum absolute atomic E-state index is 12.2. The summed E-state index contributed by atoms with van der Waals surface area (Å²) in [5, 5.41) is 2.92. The Morgan fingerprint density at radius 1 is 1.22 bits per heavy atom. The van der Waals surface area contributed by atoms with Gasteiger partial charge in [-0.05, 0) is 75.3 Å². The lowest BCUT2D eigenvalue weighted by atomic mass is 10.2. The first-order valence-electron chi connectivity index (χ1n) is 5.40. The summed E-state index contributed by atoms with van der Waals surface area (Å²) in [4.78, 5) is 12.2. The molecule has 0 unspecified atom stereocenters. The second-order valence-electron chi connectivity index (χ2n) is 3.92. The number of benzene rings is 2. The van der Waals surface area contributed by atoms with E-state index in [2.05, 4.69) is 43.8 Å². The number of aryl methyl sites for hydroxylation is 1. The summed E-state index contributed by atoms with van der Waals surface area (Å²) >= 11 is 5.59. The van der Waals surface area contributed by atoms with Gasteiger partial charge in [-0.1, -0.05) is 18.2 Å². The van der Waals surface area contributed by atoms with Crippen molar-refractivity contribution in [3.8, 4) is 0 Å². The molecule has 0 aliphatic carbocycles. The van der Waals surface area contributed by atoms with Gasteiger partial charge >= 0.3 is 0 Å². The summed E-state index contributed by atoms with van der Waals surface area (Å²) < 4.78 is 1.82. The molecule has 0 atom stereocenters. The van der Waals surface area contributed by atoms with Crippen LogP contribution in [0, 0.1) is 10.5 Å². The van der Waals surface area contributed by atoms with Gasteiger partial charge in [-0.25, -0.2) is 0 Å². The van der Waals surface area contributed by atoms with Gasteiger partial charge in [0.25, 0.3) is 5.91 Å². The van der Waals surface area contributed by atoms with Crippen molar-refractivity contribution in [2.45, 2.75) is 6.92 Å². The first-order valence-corrected chi connectivity index (χ1v) is 7.27. The van der Waals surface area contributed by atoms with Crippen molar-refractivity contribution in [1.29, 1.82) is 0 Å². The smallest absolute Gasteiger partial charge is 0.256 e. The Labute approximate surface area is 128 Å². The molecule has 4 heteroatoms. The average molecular weight is 416 g/mol. The zero-order chi connectivity index (χ0) is 13.1. The Morgan fingerprint density at radius 2 is 1.94 bits per heavy atom. The summed E-state index contributed by atoms with van der Waals surface area (Å²) in [5.74, 6) is -0.0914. The Kier molecular flexibility index (Phi) is 4.40. The lowest BCUT2D eigenvalue weighted by Gasteiger charge is -2.09. The summed E-state index contributed by atoms with van der Waals surface area (Å²) in [5.41, 5.74) is 2.59. The second kappa shape index (κ2) is 5.84. The van der Waals surface area contributed by atoms with E-state index >= 15 is 0 Å². The fourth-order valence-electron chi connectivity index (χ4n) is 1.57. The van der Waals surface area contributed by atoms with Crippen molar-refractivity contribution in [3.05, 3.63) is 61.6 Å². The van der Waals surface area contributed by atoms with Gasteiger partial charge in [0.2, 0.25) is 0 Å². The summed E-state index contributed by atoms with van der Waals surface area (Å²) in [7, 11) is 0. The zero-order valence-corrected chi connectivity index (χ0v) is 13.4. The van der Waals surface area contributed by atoms with Gasteiger partial charge in [0.15, 0.2) is 0 Å². The highest BCUT2D eigenvalue weighted by Crippen LogP contribution is 2.24. The van der Waals surface area contributed by atoms with Gasteiger partial charge in [-0.2, -0.15) is 0 Å². The molecule has 0 aliphatic heterocycles. The summed E-state index contributed by atoms with van der Waals surface area (Å²) in [6.07, 6.45) is 0. The number of amides is 1. The number of hydrogen-bond acceptors (Lipinski definition) is 1. The number of rotatable bonds is 2. The minimum Gasteiger partial charge on any atom is -0.321 e. The van der Waals surface area contributed by atoms with E-state index in [9.17, 15) is 4.79 Å². The van der Waals surface area contributed by atoms with Gasteiger partial charge in [0.1, 0.15) is 0 Å². The van der Waals surface area contributed by atoms with Crippen molar-refractivity contribution in [3.63, 3.8) is 0 Å². The third-order valence-electron chi connectivity index (χ3n) is 2.49. The van der Waals surface area contributed by atoms with E-state index in [0.29, 0.717) is 5.56 Å². The monoisotopic (exact) mass is 415 g/mol. The van der Waals surface area contributed by atoms with Crippen LogP contribution in [0.25, 0.3) is 0 Å². The Hall–Kier alpha value is -0.880. The quantitative estimate of drug-likeness (QED) is 0.712. The third-order valence-corrected chi connectivity index (χ3v) is 4.12. The molecule has 0 aromatic heterocycles. The number of anilines is 1. The van der Waals surface area contributed by atoms with E-state index in [-0.39, 0.29) is 5.91 Å². The van der Waals surface area contributed by atoms with Crippen LogP contribution in [0.15, 0.2) is 46.9 Å². The molecule has 0 saturated carbocycles. The molecule has 0 fully saturated rings. The maximum atomic E-state index is 12.2. The van der Waals surface area contributed by atoms with Gasteiger partial charge < -0.3 is 5.32 Å². The van der Waals surface area contributed by atoms with Crippen LogP contribution >= 0.6 is 38.5 Å². The van der Waals surface area contributed by atoms with E-state index in [0.717, 1.165) is 19.3 Å². The fourth-order valence-corrected chi connectivity index (χ4v) is 2.55. The Balaban J connectivity index is 2.27. The number of carbonyl (C=O) groups excluding carboxylic acids is 1. The molecule has 92 valence electrons. The summed E-state index contributed by atoms with van der Waals surface area (Å²) in [6.45, 7) is 1.99. The van der Waals surface area contributed by atoms with Crippen LogP contribution in [0.4, 0.5) is 5.69 Å². The van der Waals surface area contributed by atoms with Crippen LogP contribution in [0.3, 0.4) is 0 Å². The molecule has 18 heavy (non-hydrogen) atoms. The van der Waals surface area contributed by atoms with E-state index in [4.69, 9.17) is 0 Å². The SMILES string of the molecule is Cc1ccc(Br)c(NC(=O)c2ccccc2I)c1. The molecule has 2 aromatic carbocycles. The summed E-state index contributed by atoms with van der Waals surface area (Å²) in [6, 6.07) is 13.4. The number of halogens is 2. The zero-order valence-electron chi connectivity index (χ0n) is 9.71. The molecule has 0 heterocycles. The molecule has 1 N–H and O–H groups in total. The third kappa shape index (κ3) is 3.11. The van der Waals surface area contributed by atoms with Crippen molar-refractivity contribution >= 4 is 50.1 Å². The first kappa shape index (κ1) is 13.5. The van der Waals surface area contributed by atoms with Gasteiger partial charge in [-0.15, -0.1) is 0 Å². The molecule has 0 aliphatic rings. The topological polar surface area (TPSA) is 29.1 Å². The Morgan fingerprint density at radius 3 is 2.67 bits per heavy atom. The van der Waals surface area contributed by atoms with Crippen molar-refractivity contribution in [2.75, 3.05) is 5.32 Å². The van der Waals surface area contributed by atoms with Crippen molar-refractivity contribution in [2.24, 2.45) is 0 Å². The standard InChI is InChI=1S/C14H11BrINO/c1-9-6-7-11(15)13(8-9)17-14(18)10-4-2-3-5-12(10)16/h2-8H,1H3,(H,17,18). The van der Waals surface area contributed by atoms with E-state index < -0.39 is 0 Å². The molecule has 0 bridgehead atoms. The lowest BCUT2D eigenvalue weighted by molar-refractivity contribution is 0.102. The Bertz CT molecular complexity index is 598. The van der Waals surface area contributed by atoms with Gasteiger partial charge in [0, 0.05) is 8.04 Å². The number of carbonyl (C=O) groups is 1. The van der Waals surface area contributed by atoms with Crippen LogP contribution in [-0.4, -0.2) is 5.91 Å². The fraction of sp³-hybridized carbons (Fsp3) is 0.0714. The highest BCUT2D eigenvalue weighted by Gasteiger charge is 2.10. The molecule has 0 spiro atoms. The van der Waals surface area contributed by atoms with Gasteiger partial charge in [0.05, 0.1) is 11.3 Å². The van der Waals surface area contributed by atoms with Crippen LogP contribution < -0.4 is 5.32 Å². The minimum atomic E-state index is -0.0914. The maximum Gasteiger partial charge on any atom is 0.256 e. The molecular formula is C14H11BrINO. The molecule has 0 saturated heterocycles.